The third kappa shape index (κ3) is 3.26. The van der Waals surface area contributed by atoms with Crippen LogP contribution in [0.5, 0.6) is 0 Å². The fraction of sp³-hybridized carbons (Fsp3) is 0.353. The normalized spacial score (nSPS) is 19.4. The molecule has 0 spiro atoms. The smallest absolute Gasteiger partial charge is 0.408 e. The molecule has 0 aliphatic carbocycles. The van der Waals surface area contributed by atoms with Gasteiger partial charge in [-0.1, -0.05) is 17.3 Å². The predicted molar refractivity (Wildman–Crippen MR) is 94.0 cm³/mol. The number of halogens is 1. The highest BCUT2D eigenvalue weighted by molar-refractivity contribution is 5.90. The minimum Gasteiger partial charge on any atom is -0.408 e. The van der Waals surface area contributed by atoms with Gasteiger partial charge >= 0.3 is 5.76 Å². The van der Waals surface area contributed by atoms with Gasteiger partial charge in [0.15, 0.2) is 11.3 Å². The van der Waals surface area contributed by atoms with Gasteiger partial charge in [0.1, 0.15) is 12.7 Å². The van der Waals surface area contributed by atoms with Crippen molar-refractivity contribution in [3.05, 3.63) is 46.7 Å². The Labute approximate surface area is 157 Å². The van der Waals surface area contributed by atoms with Crippen LogP contribution in [0.2, 0.25) is 0 Å². The van der Waals surface area contributed by atoms with E-state index in [4.69, 9.17) is 10.2 Å². The van der Waals surface area contributed by atoms with Gasteiger partial charge in [-0.15, -0.1) is 5.10 Å². The maximum atomic E-state index is 14.0. The number of para-hydroxylation sites is 2. The lowest BCUT2D eigenvalue weighted by Gasteiger charge is -2.24. The molecule has 2 atom stereocenters. The second kappa shape index (κ2) is 6.91. The first-order chi connectivity index (χ1) is 13.4. The van der Waals surface area contributed by atoms with E-state index in [1.807, 2.05) is 0 Å². The van der Waals surface area contributed by atoms with Gasteiger partial charge in [0.2, 0.25) is 5.91 Å². The van der Waals surface area contributed by atoms with Crippen LogP contribution in [0.4, 0.5) is 4.39 Å². The van der Waals surface area contributed by atoms with Gasteiger partial charge in [-0.25, -0.2) is 13.9 Å². The predicted octanol–water partition coefficient (Wildman–Crippen LogP) is -0.0759. The van der Waals surface area contributed by atoms with E-state index in [0.717, 1.165) is 0 Å². The standard InChI is InChI=1S/C17H17FN6O4/c18-10-5-11(7-22-8-12(16(19)26)20-21-22)23(6-10)15(25)9-24-13-3-1-2-4-14(13)28-17(24)27/h1-4,8,10-11H,5-7,9H2,(H2,19,26)/t10-,11-/m0/s1. The summed E-state index contributed by atoms with van der Waals surface area (Å²) >= 11 is 0. The largest absolute Gasteiger partial charge is 0.420 e. The number of amides is 2. The highest BCUT2D eigenvalue weighted by atomic mass is 19.1. The van der Waals surface area contributed by atoms with E-state index in [2.05, 4.69) is 10.3 Å². The van der Waals surface area contributed by atoms with E-state index in [1.54, 1.807) is 24.3 Å². The highest BCUT2D eigenvalue weighted by Gasteiger charge is 2.36. The maximum Gasteiger partial charge on any atom is 0.420 e. The number of oxazole rings is 1. The van der Waals surface area contributed by atoms with Crippen LogP contribution in [0.15, 0.2) is 39.7 Å². The Morgan fingerprint density at radius 1 is 1.32 bits per heavy atom. The Kier molecular flexibility index (Phi) is 4.41. The van der Waals surface area contributed by atoms with Gasteiger partial charge in [-0.05, 0) is 12.1 Å². The van der Waals surface area contributed by atoms with Crippen molar-refractivity contribution in [2.45, 2.75) is 31.7 Å². The van der Waals surface area contributed by atoms with E-state index < -0.39 is 29.8 Å². The minimum absolute atomic E-state index is 0.0101. The third-order valence-corrected chi connectivity index (χ3v) is 4.74. The molecule has 0 unspecified atom stereocenters. The number of benzene rings is 1. The molecule has 3 heterocycles. The molecule has 11 heteroatoms. The molecule has 1 fully saturated rings. The molecular formula is C17H17FN6O4. The molecule has 28 heavy (non-hydrogen) atoms. The molecule has 0 saturated carbocycles. The molecule has 1 saturated heterocycles. The number of hydrogen-bond acceptors (Lipinski definition) is 6. The second-order valence-electron chi connectivity index (χ2n) is 6.64. The Morgan fingerprint density at radius 3 is 2.86 bits per heavy atom. The van der Waals surface area contributed by atoms with Crippen molar-refractivity contribution in [1.29, 1.82) is 0 Å². The van der Waals surface area contributed by atoms with Gasteiger partial charge in [0, 0.05) is 6.42 Å². The number of primary amides is 1. The molecular weight excluding hydrogens is 371 g/mol. The molecule has 1 aromatic carbocycles. The van der Waals surface area contributed by atoms with Gasteiger partial charge in [0.25, 0.3) is 5.91 Å². The Bertz CT molecular complexity index is 1100. The van der Waals surface area contributed by atoms with Crippen molar-refractivity contribution in [3.8, 4) is 0 Å². The van der Waals surface area contributed by atoms with Gasteiger partial charge < -0.3 is 15.1 Å². The number of hydrogen-bond donors (Lipinski definition) is 1. The van der Waals surface area contributed by atoms with Crippen molar-refractivity contribution in [1.82, 2.24) is 24.5 Å². The summed E-state index contributed by atoms with van der Waals surface area (Å²) in [6.07, 6.45) is 0.286. The van der Waals surface area contributed by atoms with Gasteiger partial charge in [-0.2, -0.15) is 0 Å². The molecule has 3 aromatic rings. The van der Waals surface area contributed by atoms with E-state index in [9.17, 15) is 18.8 Å². The van der Waals surface area contributed by atoms with Crippen molar-refractivity contribution in [3.63, 3.8) is 0 Å². The van der Waals surface area contributed by atoms with Gasteiger partial charge in [0.05, 0.1) is 30.8 Å². The first-order valence-electron chi connectivity index (χ1n) is 8.64. The maximum absolute atomic E-state index is 14.0. The summed E-state index contributed by atoms with van der Waals surface area (Å²) in [5, 5.41) is 7.42. The minimum atomic E-state index is -1.19. The summed E-state index contributed by atoms with van der Waals surface area (Å²) in [4.78, 5) is 37.4. The number of aromatic nitrogens is 4. The van der Waals surface area contributed by atoms with Crippen LogP contribution in [0, 0.1) is 0 Å². The third-order valence-electron chi connectivity index (χ3n) is 4.74. The molecule has 4 rings (SSSR count). The number of nitrogens with two attached hydrogens (primary N) is 1. The molecule has 2 amide bonds. The fourth-order valence-corrected chi connectivity index (χ4v) is 3.44. The van der Waals surface area contributed by atoms with E-state index in [1.165, 1.54) is 20.3 Å². The van der Waals surface area contributed by atoms with Crippen LogP contribution in [0.1, 0.15) is 16.9 Å². The monoisotopic (exact) mass is 388 g/mol. The number of fused-ring (bicyclic) bond motifs is 1. The molecule has 1 aliphatic rings. The fourth-order valence-electron chi connectivity index (χ4n) is 3.44. The average Bonchev–Trinajstić information content (AvgIpc) is 3.34. The summed E-state index contributed by atoms with van der Waals surface area (Å²) in [7, 11) is 0. The zero-order valence-corrected chi connectivity index (χ0v) is 14.7. The Balaban J connectivity index is 1.53. The second-order valence-corrected chi connectivity index (χ2v) is 6.64. The van der Waals surface area contributed by atoms with Crippen LogP contribution >= 0.6 is 0 Å². The van der Waals surface area contributed by atoms with Crippen LogP contribution < -0.4 is 11.5 Å². The molecule has 10 nitrogen and oxygen atoms in total. The van der Waals surface area contributed by atoms with Crippen molar-refractivity contribution < 1.29 is 18.4 Å². The van der Waals surface area contributed by atoms with Gasteiger partial charge in [-0.3, -0.25) is 14.2 Å². The van der Waals surface area contributed by atoms with Crippen LogP contribution in [-0.2, 0) is 17.9 Å². The van der Waals surface area contributed by atoms with Crippen molar-refractivity contribution >= 4 is 22.9 Å². The van der Waals surface area contributed by atoms with Crippen molar-refractivity contribution in [2.75, 3.05) is 6.54 Å². The summed E-state index contributed by atoms with van der Waals surface area (Å²) < 4.78 is 21.7. The van der Waals surface area contributed by atoms with Crippen LogP contribution in [0.25, 0.3) is 11.1 Å². The molecule has 2 aromatic heterocycles. The van der Waals surface area contributed by atoms with Crippen molar-refractivity contribution in [2.24, 2.45) is 5.73 Å². The summed E-state index contributed by atoms with van der Waals surface area (Å²) in [5.74, 6) is -1.78. The lowest BCUT2D eigenvalue weighted by molar-refractivity contribution is -0.133. The average molecular weight is 388 g/mol. The zero-order chi connectivity index (χ0) is 19.8. The summed E-state index contributed by atoms with van der Waals surface area (Å²) in [6.45, 7) is -0.179. The lowest BCUT2D eigenvalue weighted by atomic mass is 10.2. The number of nitrogens with zero attached hydrogens (tertiary/aromatic N) is 5. The molecule has 0 radical (unpaired) electrons. The quantitative estimate of drug-likeness (QED) is 0.651. The SMILES string of the molecule is NC(=O)c1cn(C[C@@H]2C[C@H](F)CN2C(=O)Cn2c(=O)oc3ccccc32)nn1. The highest BCUT2D eigenvalue weighted by Crippen LogP contribution is 2.23. The molecule has 0 bridgehead atoms. The number of likely N-dealkylation sites (tertiary alicyclic amines) is 1. The van der Waals surface area contributed by atoms with Crippen LogP contribution in [0.3, 0.4) is 0 Å². The zero-order valence-electron chi connectivity index (χ0n) is 14.7. The number of carbonyl (C=O) groups excluding carboxylic acids is 2. The summed E-state index contributed by atoms with van der Waals surface area (Å²) in [6, 6.07) is 6.28. The number of carbonyl (C=O) groups is 2. The Morgan fingerprint density at radius 2 is 2.11 bits per heavy atom. The van der Waals surface area contributed by atoms with Crippen LogP contribution in [-0.4, -0.2) is 55.0 Å². The van der Waals surface area contributed by atoms with E-state index >= 15 is 0 Å². The first-order valence-corrected chi connectivity index (χ1v) is 8.64. The summed E-state index contributed by atoms with van der Waals surface area (Å²) in [5.41, 5.74) is 6.01. The number of alkyl halides is 1. The molecule has 2 N–H and O–H groups in total. The number of rotatable bonds is 5. The van der Waals surface area contributed by atoms with E-state index in [-0.39, 0.29) is 31.7 Å². The van der Waals surface area contributed by atoms with E-state index in [0.29, 0.717) is 11.1 Å². The topological polar surface area (TPSA) is 129 Å². The first kappa shape index (κ1) is 17.9. The Hall–Kier alpha value is -3.50. The molecule has 1 aliphatic heterocycles. The molecule has 146 valence electrons. The lowest BCUT2D eigenvalue weighted by Crippen LogP contribution is -2.41.